The van der Waals surface area contributed by atoms with E-state index in [9.17, 15) is 18.0 Å². The van der Waals surface area contributed by atoms with E-state index in [1.54, 1.807) is 5.32 Å². The fraction of sp³-hybridized carbons (Fsp3) is 0.600. The van der Waals surface area contributed by atoms with Gasteiger partial charge in [-0.2, -0.15) is 13.2 Å². The lowest BCUT2D eigenvalue weighted by atomic mass is 10.2. The second-order valence-corrected chi connectivity index (χ2v) is 2.04. The summed E-state index contributed by atoms with van der Waals surface area (Å²) in [6, 6.07) is -1.67. The van der Waals surface area contributed by atoms with E-state index in [2.05, 4.69) is 0 Å². The van der Waals surface area contributed by atoms with Gasteiger partial charge in [0.25, 0.3) is 0 Å². The van der Waals surface area contributed by atoms with Crippen LogP contribution in [0.1, 0.15) is 6.42 Å². The van der Waals surface area contributed by atoms with Crippen molar-refractivity contribution in [2.24, 2.45) is 0 Å². The Kier molecular flexibility index (Phi) is 1.58. The van der Waals surface area contributed by atoms with Gasteiger partial charge in [-0.1, -0.05) is 0 Å². The molecule has 1 fully saturated rings. The minimum absolute atomic E-state index is 0.248. The Morgan fingerprint density at radius 1 is 1.60 bits per heavy atom. The van der Waals surface area contributed by atoms with Crippen molar-refractivity contribution in [1.29, 1.82) is 0 Å². The third-order valence-electron chi connectivity index (χ3n) is 1.25. The molecule has 0 saturated carbocycles. The van der Waals surface area contributed by atoms with E-state index in [0.29, 0.717) is 0 Å². The largest absolute Gasteiger partial charge is 0.408 e. The molecule has 5 heteroatoms. The molecule has 1 radical (unpaired) electrons. The standard InChI is InChI=1S/C5H5F3NO/c6-5(7,8)3-1-2-4(10)9-3/h2-3H,1H2,(H,9,10). The molecule has 1 atom stereocenters. The van der Waals surface area contributed by atoms with Gasteiger partial charge in [0.05, 0.1) is 6.42 Å². The molecule has 0 aromatic carbocycles. The smallest absolute Gasteiger partial charge is 0.344 e. The summed E-state index contributed by atoms with van der Waals surface area (Å²) in [5, 5.41) is 1.77. The summed E-state index contributed by atoms with van der Waals surface area (Å²) < 4.78 is 35.1. The molecule has 0 aromatic rings. The lowest BCUT2D eigenvalue weighted by Gasteiger charge is -2.12. The van der Waals surface area contributed by atoms with Crippen molar-refractivity contribution in [3.8, 4) is 0 Å². The van der Waals surface area contributed by atoms with Gasteiger partial charge in [-0.05, 0) is 6.42 Å². The number of hydrogen-bond acceptors (Lipinski definition) is 1. The van der Waals surface area contributed by atoms with Crippen LogP contribution in [0, 0.1) is 6.42 Å². The average Bonchev–Trinajstić information content (AvgIpc) is 2.11. The van der Waals surface area contributed by atoms with Gasteiger partial charge in [0, 0.05) is 0 Å². The Morgan fingerprint density at radius 3 is 2.40 bits per heavy atom. The lowest BCUT2D eigenvalue weighted by molar-refractivity contribution is -0.154. The average molecular weight is 152 g/mol. The predicted molar refractivity (Wildman–Crippen MR) is 26.9 cm³/mol. The maximum absolute atomic E-state index is 11.7. The number of hydrogen-bond donors (Lipinski definition) is 1. The molecular formula is C5H5F3NO. The highest BCUT2D eigenvalue weighted by Gasteiger charge is 2.43. The Morgan fingerprint density at radius 2 is 2.20 bits per heavy atom. The van der Waals surface area contributed by atoms with Gasteiger partial charge in [-0.3, -0.25) is 4.79 Å². The van der Waals surface area contributed by atoms with E-state index in [1.165, 1.54) is 0 Å². The Labute approximate surface area is 55.4 Å². The SMILES string of the molecule is O=C1[CH]CC(C(F)(F)F)N1. The molecule has 1 heterocycles. The van der Waals surface area contributed by atoms with Gasteiger partial charge in [0.15, 0.2) is 0 Å². The summed E-state index contributed by atoms with van der Waals surface area (Å²) in [4.78, 5) is 10.2. The number of carbonyl (C=O) groups is 1. The third-order valence-corrected chi connectivity index (χ3v) is 1.25. The zero-order chi connectivity index (χ0) is 7.78. The Hall–Kier alpha value is -0.740. The van der Waals surface area contributed by atoms with Crippen LogP contribution in [0.2, 0.25) is 0 Å². The van der Waals surface area contributed by atoms with E-state index >= 15 is 0 Å². The first-order chi connectivity index (χ1) is 4.50. The molecular weight excluding hydrogens is 147 g/mol. The quantitative estimate of drug-likeness (QED) is 0.542. The fourth-order valence-corrected chi connectivity index (χ4v) is 0.730. The molecule has 1 unspecified atom stereocenters. The number of carbonyl (C=O) groups excluding carboxylic acids is 1. The monoisotopic (exact) mass is 152 g/mol. The van der Waals surface area contributed by atoms with Crippen LogP contribution >= 0.6 is 0 Å². The molecule has 0 aromatic heterocycles. The summed E-state index contributed by atoms with van der Waals surface area (Å²) >= 11 is 0. The molecule has 1 aliphatic heterocycles. The van der Waals surface area contributed by atoms with Crippen molar-refractivity contribution in [2.75, 3.05) is 0 Å². The van der Waals surface area contributed by atoms with Crippen molar-refractivity contribution in [2.45, 2.75) is 18.6 Å². The number of rotatable bonds is 0. The molecule has 2 nitrogen and oxygen atoms in total. The minimum Gasteiger partial charge on any atom is -0.344 e. The first-order valence-corrected chi connectivity index (χ1v) is 2.70. The van der Waals surface area contributed by atoms with Crippen LogP contribution in [0.25, 0.3) is 0 Å². The van der Waals surface area contributed by atoms with Crippen LogP contribution in [-0.2, 0) is 4.79 Å². The van der Waals surface area contributed by atoms with Crippen LogP contribution in [0.15, 0.2) is 0 Å². The van der Waals surface area contributed by atoms with Gasteiger partial charge in [0.1, 0.15) is 6.04 Å². The number of alkyl halides is 3. The zero-order valence-corrected chi connectivity index (χ0v) is 4.90. The molecule has 10 heavy (non-hydrogen) atoms. The van der Waals surface area contributed by atoms with Crippen LogP contribution in [-0.4, -0.2) is 18.1 Å². The van der Waals surface area contributed by atoms with Crippen molar-refractivity contribution in [3.63, 3.8) is 0 Å². The van der Waals surface area contributed by atoms with Crippen molar-refractivity contribution in [3.05, 3.63) is 6.42 Å². The second kappa shape index (κ2) is 2.14. The molecule has 1 rings (SSSR count). The first-order valence-electron chi connectivity index (χ1n) is 2.70. The van der Waals surface area contributed by atoms with Gasteiger partial charge in [-0.15, -0.1) is 0 Å². The predicted octanol–water partition coefficient (Wildman–Crippen LogP) is 0.641. The highest BCUT2D eigenvalue weighted by atomic mass is 19.4. The molecule has 1 aliphatic rings. The fourth-order valence-electron chi connectivity index (χ4n) is 0.730. The first kappa shape index (κ1) is 7.37. The maximum atomic E-state index is 11.7. The molecule has 1 amide bonds. The number of amides is 1. The van der Waals surface area contributed by atoms with E-state index in [-0.39, 0.29) is 6.42 Å². The highest BCUT2D eigenvalue weighted by molar-refractivity contribution is 5.87. The van der Waals surface area contributed by atoms with Gasteiger partial charge < -0.3 is 5.32 Å². The van der Waals surface area contributed by atoms with E-state index in [0.717, 1.165) is 6.42 Å². The third kappa shape index (κ3) is 1.40. The molecule has 57 valence electrons. The topological polar surface area (TPSA) is 29.1 Å². The number of halogens is 3. The molecule has 1 saturated heterocycles. The van der Waals surface area contributed by atoms with Crippen LogP contribution in [0.5, 0.6) is 0 Å². The van der Waals surface area contributed by atoms with E-state index in [1.807, 2.05) is 0 Å². The van der Waals surface area contributed by atoms with Crippen LogP contribution in [0.3, 0.4) is 0 Å². The maximum Gasteiger partial charge on any atom is 0.408 e. The summed E-state index contributed by atoms with van der Waals surface area (Å²) in [6.07, 6.45) is -3.55. The van der Waals surface area contributed by atoms with E-state index < -0.39 is 18.1 Å². The van der Waals surface area contributed by atoms with Crippen molar-refractivity contribution < 1.29 is 18.0 Å². The van der Waals surface area contributed by atoms with Crippen LogP contribution < -0.4 is 5.32 Å². The Balaban J connectivity index is 2.53. The highest BCUT2D eigenvalue weighted by Crippen LogP contribution is 2.25. The molecule has 0 bridgehead atoms. The van der Waals surface area contributed by atoms with Gasteiger partial charge >= 0.3 is 6.18 Å². The number of nitrogens with one attached hydrogen (secondary N) is 1. The summed E-state index contributed by atoms with van der Waals surface area (Å²) in [5.41, 5.74) is 0. The second-order valence-electron chi connectivity index (χ2n) is 2.04. The summed E-state index contributed by atoms with van der Waals surface area (Å²) in [6.45, 7) is 0. The molecule has 0 aliphatic carbocycles. The van der Waals surface area contributed by atoms with Crippen molar-refractivity contribution >= 4 is 5.91 Å². The van der Waals surface area contributed by atoms with Crippen molar-refractivity contribution in [1.82, 2.24) is 5.32 Å². The van der Waals surface area contributed by atoms with Gasteiger partial charge in [-0.25, -0.2) is 0 Å². The van der Waals surface area contributed by atoms with Crippen LogP contribution in [0.4, 0.5) is 13.2 Å². The van der Waals surface area contributed by atoms with E-state index in [4.69, 9.17) is 0 Å². The summed E-state index contributed by atoms with van der Waals surface area (Å²) in [7, 11) is 0. The molecule has 0 spiro atoms. The minimum atomic E-state index is -4.30. The molecule has 1 N–H and O–H groups in total. The zero-order valence-electron chi connectivity index (χ0n) is 4.90. The lowest BCUT2D eigenvalue weighted by Crippen LogP contribution is -2.38. The summed E-state index contributed by atoms with van der Waals surface area (Å²) in [5.74, 6) is -0.637. The Bertz CT molecular complexity index is 153. The normalized spacial score (nSPS) is 26.7. The van der Waals surface area contributed by atoms with Gasteiger partial charge in [0.2, 0.25) is 5.91 Å².